The van der Waals surface area contributed by atoms with E-state index in [1.807, 2.05) is 0 Å². The van der Waals surface area contributed by atoms with Gasteiger partial charge in [0.15, 0.2) is 0 Å². The third kappa shape index (κ3) is 2.70. The first kappa shape index (κ1) is 14.9. The van der Waals surface area contributed by atoms with Crippen LogP contribution in [0.4, 0.5) is 0 Å². The maximum atomic E-state index is 2.44. The summed E-state index contributed by atoms with van der Waals surface area (Å²) < 4.78 is 3.10. The first-order valence-electron chi connectivity index (χ1n) is 7.63. The monoisotopic (exact) mass is 344 g/mol. The predicted octanol–water partition coefficient (Wildman–Crippen LogP) is 5.65. The van der Waals surface area contributed by atoms with Crippen molar-refractivity contribution in [2.75, 3.05) is 0 Å². The van der Waals surface area contributed by atoms with Gasteiger partial charge in [-0.2, -0.15) is 0 Å². The molecule has 1 heteroatoms. The Kier molecular flexibility index (Phi) is 3.35. The van der Waals surface area contributed by atoms with Gasteiger partial charge in [-0.05, 0) is 0 Å². The second kappa shape index (κ2) is 4.73. The number of hydrogen-bond donors (Lipinski definition) is 0. The van der Waals surface area contributed by atoms with E-state index in [-0.39, 0.29) is 10.8 Å². The van der Waals surface area contributed by atoms with E-state index in [2.05, 4.69) is 77.9 Å². The average molecular weight is 343 g/mol. The summed E-state index contributed by atoms with van der Waals surface area (Å²) in [4.78, 5) is 0. The van der Waals surface area contributed by atoms with Gasteiger partial charge >= 0.3 is 134 Å². The van der Waals surface area contributed by atoms with Crippen LogP contribution in [0.2, 0.25) is 0 Å². The Morgan fingerprint density at radius 1 is 0.619 bits per heavy atom. The zero-order chi connectivity index (χ0) is 15.4. The van der Waals surface area contributed by atoms with Gasteiger partial charge in [-0.3, -0.25) is 0 Å². The van der Waals surface area contributed by atoms with Crippen LogP contribution in [0.1, 0.15) is 52.7 Å². The Bertz CT molecular complexity index is 739. The Morgan fingerprint density at radius 3 is 1.33 bits per heavy atom. The standard InChI is InChI=1S/C20H24Se/c1-19(2,3)13-7-9-15-16-10-8-14(20(4,5)6)12-18(16)21-17(15)11-13/h7-12H,1-6H3. The van der Waals surface area contributed by atoms with E-state index in [4.69, 9.17) is 0 Å². The fourth-order valence-electron chi connectivity index (χ4n) is 2.71. The molecule has 110 valence electrons. The van der Waals surface area contributed by atoms with E-state index in [1.165, 1.54) is 21.9 Å². The number of fused-ring (bicyclic) bond motifs is 3. The van der Waals surface area contributed by atoms with Crippen molar-refractivity contribution >= 4 is 33.8 Å². The van der Waals surface area contributed by atoms with Gasteiger partial charge < -0.3 is 0 Å². The molecule has 0 saturated heterocycles. The van der Waals surface area contributed by atoms with E-state index in [0.717, 1.165) is 0 Å². The van der Waals surface area contributed by atoms with Crippen LogP contribution in [0.25, 0.3) is 19.3 Å². The van der Waals surface area contributed by atoms with Crippen molar-refractivity contribution in [2.45, 2.75) is 52.4 Å². The molecular weight excluding hydrogens is 319 g/mol. The van der Waals surface area contributed by atoms with Crippen molar-refractivity contribution in [3.63, 3.8) is 0 Å². The van der Waals surface area contributed by atoms with Gasteiger partial charge in [0.2, 0.25) is 0 Å². The molecule has 0 aliphatic rings. The number of benzene rings is 2. The summed E-state index contributed by atoms with van der Waals surface area (Å²) in [5.41, 5.74) is 3.37. The van der Waals surface area contributed by atoms with Gasteiger partial charge in [0.05, 0.1) is 0 Å². The van der Waals surface area contributed by atoms with Gasteiger partial charge in [0.1, 0.15) is 0 Å². The third-order valence-electron chi connectivity index (χ3n) is 4.21. The molecule has 3 aromatic rings. The molecule has 1 heterocycles. The van der Waals surface area contributed by atoms with Crippen molar-refractivity contribution in [2.24, 2.45) is 0 Å². The molecule has 0 radical (unpaired) electrons. The van der Waals surface area contributed by atoms with Crippen molar-refractivity contribution in [3.8, 4) is 0 Å². The Hall–Kier alpha value is -1.04. The number of hydrogen-bond acceptors (Lipinski definition) is 0. The topological polar surface area (TPSA) is 0 Å². The first-order valence-corrected chi connectivity index (χ1v) is 9.35. The van der Waals surface area contributed by atoms with Gasteiger partial charge in [0.25, 0.3) is 0 Å². The summed E-state index contributed by atoms with van der Waals surface area (Å²) in [6, 6.07) is 14.2. The van der Waals surface area contributed by atoms with E-state index < -0.39 is 0 Å². The normalized spacial score (nSPS) is 13.2. The van der Waals surface area contributed by atoms with Gasteiger partial charge in [-0.25, -0.2) is 0 Å². The van der Waals surface area contributed by atoms with Gasteiger partial charge in [-0.1, -0.05) is 0 Å². The van der Waals surface area contributed by atoms with Gasteiger partial charge in [-0.15, -0.1) is 0 Å². The third-order valence-corrected chi connectivity index (χ3v) is 6.55. The molecule has 0 atom stereocenters. The summed E-state index contributed by atoms with van der Waals surface area (Å²) in [6.45, 7) is 13.8. The molecule has 0 nitrogen and oxygen atoms in total. The fraction of sp³-hybridized carbons (Fsp3) is 0.400. The molecule has 0 bridgehead atoms. The van der Waals surface area contributed by atoms with Crippen LogP contribution in [-0.4, -0.2) is 14.5 Å². The molecule has 21 heavy (non-hydrogen) atoms. The van der Waals surface area contributed by atoms with Crippen LogP contribution >= 0.6 is 0 Å². The van der Waals surface area contributed by atoms with Crippen LogP contribution in [0.15, 0.2) is 36.4 Å². The van der Waals surface area contributed by atoms with E-state index in [9.17, 15) is 0 Å². The second-order valence-corrected chi connectivity index (χ2v) is 10.3. The zero-order valence-electron chi connectivity index (χ0n) is 13.9. The molecule has 0 amide bonds. The quantitative estimate of drug-likeness (QED) is 0.463. The Balaban J connectivity index is 2.24. The first-order chi connectivity index (χ1) is 9.66. The molecule has 3 rings (SSSR count). The summed E-state index contributed by atoms with van der Waals surface area (Å²) >= 11 is 0.452. The minimum absolute atomic E-state index is 0.233. The van der Waals surface area contributed by atoms with Gasteiger partial charge in [0, 0.05) is 0 Å². The molecule has 0 saturated carbocycles. The fourth-order valence-corrected chi connectivity index (χ4v) is 5.20. The van der Waals surface area contributed by atoms with Crippen molar-refractivity contribution < 1.29 is 0 Å². The van der Waals surface area contributed by atoms with Crippen LogP contribution in [0, 0.1) is 0 Å². The van der Waals surface area contributed by atoms with Crippen molar-refractivity contribution in [1.29, 1.82) is 0 Å². The SMILES string of the molecule is CC(C)(C)c1ccc2c(c1)[se]c1cc(C(C)(C)C)ccc12. The molecule has 0 aliphatic carbocycles. The predicted molar refractivity (Wildman–Crippen MR) is 95.8 cm³/mol. The molecule has 1 aromatic heterocycles. The Labute approximate surface area is 133 Å². The maximum absolute atomic E-state index is 2.44. The van der Waals surface area contributed by atoms with Crippen LogP contribution < -0.4 is 0 Å². The van der Waals surface area contributed by atoms with Crippen LogP contribution in [0.3, 0.4) is 0 Å². The average Bonchev–Trinajstić information content (AvgIpc) is 2.73. The summed E-state index contributed by atoms with van der Waals surface area (Å²) in [6.07, 6.45) is 0. The summed E-state index contributed by atoms with van der Waals surface area (Å²) in [5, 5.41) is 2.91. The second-order valence-electron chi connectivity index (χ2n) is 8.02. The summed E-state index contributed by atoms with van der Waals surface area (Å²) in [7, 11) is 0. The van der Waals surface area contributed by atoms with Crippen molar-refractivity contribution in [1.82, 2.24) is 0 Å². The van der Waals surface area contributed by atoms with Crippen LogP contribution in [0.5, 0.6) is 0 Å². The van der Waals surface area contributed by atoms with Crippen molar-refractivity contribution in [3.05, 3.63) is 47.5 Å². The van der Waals surface area contributed by atoms with Crippen LogP contribution in [-0.2, 0) is 10.8 Å². The minimum atomic E-state index is 0.233. The zero-order valence-corrected chi connectivity index (χ0v) is 15.6. The molecular formula is C20H24Se. The summed E-state index contributed by atoms with van der Waals surface area (Å²) in [5.74, 6) is 0. The number of rotatable bonds is 0. The molecule has 2 aromatic carbocycles. The van der Waals surface area contributed by atoms with E-state index >= 15 is 0 Å². The van der Waals surface area contributed by atoms with E-state index in [1.54, 1.807) is 8.52 Å². The Morgan fingerprint density at radius 2 is 1.00 bits per heavy atom. The molecule has 0 fully saturated rings. The molecule has 0 spiro atoms. The molecule has 0 N–H and O–H groups in total. The molecule has 0 aliphatic heterocycles. The molecule has 0 unspecified atom stereocenters. The van der Waals surface area contributed by atoms with E-state index in [0.29, 0.717) is 14.5 Å².